The highest BCUT2D eigenvalue weighted by Gasteiger charge is 2.06. The van der Waals surface area contributed by atoms with E-state index in [0.29, 0.717) is 5.92 Å². The normalized spacial score (nSPS) is 12.1. The van der Waals surface area contributed by atoms with Gasteiger partial charge in [-0.15, -0.1) is 24.0 Å². The number of pyridine rings is 1. The third-order valence-electron chi connectivity index (χ3n) is 4.54. The molecule has 2 rings (SSSR count). The lowest BCUT2D eigenvalue weighted by atomic mass is 9.98. The van der Waals surface area contributed by atoms with Crippen LogP contribution in [0.5, 0.6) is 5.75 Å². The first-order valence-electron chi connectivity index (χ1n) is 9.70. The number of aryl methyl sites for hydroxylation is 1. The third-order valence-corrected chi connectivity index (χ3v) is 4.54. The van der Waals surface area contributed by atoms with E-state index in [1.165, 1.54) is 11.1 Å². The van der Waals surface area contributed by atoms with Gasteiger partial charge in [0.25, 0.3) is 0 Å². The topological polar surface area (TPSA) is 58.5 Å². The fourth-order valence-electron chi connectivity index (χ4n) is 2.78. The Labute approximate surface area is 186 Å². The zero-order chi connectivity index (χ0) is 19.5. The largest absolute Gasteiger partial charge is 0.497 e. The smallest absolute Gasteiger partial charge is 0.191 e. The molecule has 0 aliphatic carbocycles. The van der Waals surface area contributed by atoms with Crippen LogP contribution in [0.25, 0.3) is 0 Å². The van der Waals surface area contributed by atoms with Crippen molar-refractivity contribution in [3.63, 3.8) is 0 Å². The molecule has 0 saturated heterocycles. The first kappa shape index (κ1) is 24.2. The Morgan fingerprint density at radius 3 is 2.50 bits per heavy atom. The Morgan fingerprint density at radius 1 is 1.14 bits per heavy atom. The summed E-state index contributed by atoms with van der Waals surface area (Å²) >= 11 is 0. The number of nitrogens with zero attached hydrogens (tertiary/aromatic N) is 2. The molecule has 0 radical (unpaired) electrons. The summed E-state index contributed by atoms with van der Waals surface area (Å²) in [7, 11) is 1.69. The van der Waals surface area contributed by atoms with Gasteiger partial charge in [-0.25, -0.2) is 0 Å². The number of halogens is 1. The van der Waals surface area contributed by atoms with Crippen molar-refractivity contribution in [2.24, 2.45) is 4.99 Å². The van der Waals surface area contributed by atoms with E-state index >= 15 is 0 Å². The second kappa shape index (κ2) is 13.4. The number of aliphatic imine (C=N–C) groups is 1. The molecular formula is C22H33IN4O. The minimum Gasteiger partial charge on any atom is -0.497 e. The van der Waals surface area contributed by atoms with Gasteiger partial charge in [0.1, 0.15) is 5.75 Å². The molecule has 2 N–H and O–H groups in total. The number of nitrogens with one attached hydrogen (secondary N) is 2. The second-order valence-electron chi connectivity index (χ2n) is 6.71. The molecule has 0 amide bonds. The highest BCUT2D eigenvalue weighted by molar-refractivity contribution is 14.0. The van der Waals surface area contributed by atoms with Gasteiger partial charge >= 0.3 is 0 Å². The first-order valence-corrected chi connectivity index (χ1v) is 9.70. The van der Waals surface area contributed by atoms with Crippen LogP contribution in [0.15, 0.2) is 47.6 Å². The van der Waals surface area contributed by atoms with Crippen LogP contribution in [0.4, 0.5) is 0 Å². The van der Waals surface area contributed by atoms with Crippen LogP contribution in [-0.4, -0.2) is 37.7 Å². The standard InChI is InChI=1S/C22H32N4O.HI/c1-5-23-22(25-15-13-19-7-6-18(3)26-16-19)24-14-12-17(2)20-8-10-21(27-4)11-9-20;/h6-11,16-17H,5,12-15H2,1-4H3,(H2,23,24,25);1H. The van der Waals surface area contributed by atoms with E-state index in [1.807, 2.05) is 25.3 Å². The van der Waals surface area contributed by atoms with E-state index in [-0.39, 0.29) is 24.0 Å². The average Bonchev–Trinajstić information content (AvgIpc) is 2.69. The summed E-state index contributed by atoms with van der Waals surface area (Å²) in [6.07, 6.45) is 3.88. The predicted molar refractivity (Wildman–Crippen MR) is 128 cm³/mol. The van der Waals surface area contributed by atoms with Crippen molar-refractivity contribution in [3.8, 4) is 5.75 Å². The molecule has 1 heterocycles. The van der Waals surface area contributed by atoms with Crippen LogP contribution in [-0.2, 0) is 6.42 Å². The Morgan fingerprint density at radius 2 is 1.89 bits per heavy atom. The molecule has 5 nitrogen and oxygen atoms in total. The number of guanidine groups is 1. The van der Waals surface area contributed by atoms with Gasteiger partial charge in [-0.3, -0.25) is 9.98 Å². The fraction of sp³-hybridized carbons (Fsp3) is 0.455. The summed E-state index contributed by atoms with van der Waals surface area (Å²) in [5.41, 5.74) is 3.60. The van der Waals surface area contributed by atoms with Crippen molar-refractivity contribution in [2.75, 3.05) is 26.7 Å². The van der Waals surface area contributed by atoms with Crippen molar-refractivity contribution in [1.29, 1.82) is 0 Å². The summed E-state index contributed by atoms with van der Waals surface area (Å²) in [6, 6.07) is 12.5. The molecule has 0 saturated carbocycles. The molecule has 2 aromatic rings. The molecule has 28 heavy (non-hydrogen) atoms. The predicted octanol–water partition coefficient (Wildman–Crippen LogP) is 4.31. The van der Waals surface area contributed by atoms with Crippen LogP contribution in [0, 0.1) is 6.92 Å². The van der Waals surface area contributed by atoms with E-state index in [9.17, 15) is 0 Å². The Hall–Kier alpha value is -1.83. The van der Waals surface area contributed by atoms with Gasteiger partial charge in [0.05, 0.1) is 7.11 Å². The van der Waals surface area contributed by atoms with Gasteiger partial charge in [0.15, 0.2) is 5.96 Å². The maximum Gasteiger partial charge on any atom is 0.191 e. The molecule has 0 bridgehead atoms. The minimum atomic E-state index is 0. The average molecular weight is 496 g/mol. The van der Waals surface area contributed by atoms with E-state index in [2.05, 4.69) is 53.7 Å². The fourth-order valence-corrected chi connectivity index (χ4v) is 2.78. The molecule has 0 aliphatic rings. The zero-order valence-corrected chi connectivity index (χ0v) is 19.7. The van der Waals surface area contributed by atoms with E-state index in [0.717, 1.165) is 49.9 Å². The van der Waals surface area contributed by atoms with Crippen LogP contribution in [0.3, 0.4) is 0 Å². The number of hydrogen-bond donors (Lipinski definition) is 2. The van der Waals surface area contributed by atoms with E-state index in [1.54, 1.807) is 7.11 Å². The highest BCUT2D eigenvalue weighted by atomic mass is 127. The number of benzene rings is 1. The molecule has 6 heteroatoms. The van der Waals surface area contributed by atoms with Crippen molar-refractivity contribution < 1.29 is 4.74 Å². The van der Waals surface area contributed by atoms with Crippen molar-refractivity contribution in [3.05, 3.63) is 59.4 Å². The van der Waals surface area contributed by atoms with Crippen LogP contribution in [0.2, 0.25) is 0 Å². The number of methoxy groups -OCH3 is 1. The molecule has 1 unspecified atom stereocenters. The molecule has 1 atom stereocenters. The molecule has 1 aromatic carbocycles. The maximum absolute atomic E-state index is 5.22. The maximum atomic E-state index is 5.22. The highest BCUT2D eigenvalue weighted by Crippen LogP contribution is 2.21. The lowest BCUT2D eigenvalue weighted by Crippen LogP contribution is -2.38. The Balaban J connectivity index is 0.00000392. The lowest BCUT2D eigenvalue weighted by molar-refractivity contribution is 0.414. The van der Waals surface area contributed by atoms with Gasteiger partial charge in [-0.2, -0.15) is 0 Å². The summed E-state index contributed by atoms with van der Waals surface area (Å²) in [6.45, 7) is 8.80. The number of ether oxygens (including phenoxy) is 1. The molecule has 154 valence electrons. The third kappa shape index (κ3) is 8.46. The lowest BCUT2D eigenvalue weighted by Gasteiger charge is -2.13. The van der Waals surface area contributed by atoms with Crippen molar-refractivity contribution in [2.45, 2.75) is 39.5 Å². The van der Waals surface area contributed by atoms with Gasteiger partial charge in [-0.05, 0) is 61.9 Å². The summed E-state index contributed by atoms with van der Waals surface area (Å²) < 4.78 is 5.22. The minimum absolute atomic E-state index is 0. The number of aromatic nitrogens is 1. The van der Waals surface area contributed by atoms with Gasteiger partial charge < -0.3 is 15.4 Å². The molecule has 0 fully saturated rings. The molecule has 0 spiro atoms. The number of rotatable bonds is 9. The SMILES string of the molecule is CCNC(=NCCC(C)c1ccc(OC)cc1)NCCc1ccc(C)nc1.I. The van der Waals surface area contributed by atoms with E-state index in [4.69, 9.17) is 9.73 Å². The molecular weight excluding hydrogens is 463 g/mol. The first-order chi connectivity index (χ1) is 13.1. The summed E-state index contributed by atoms with van der Waals surface area (Å²) in [5.74, 6) is 2.23. The Bertz CT molecular complexity index is 701. The molecule has 0 aliphatic heterocycles. The van der Waals surface area contributed by atoms with Crippen LogP contribution >= 0.6 is 24.0 Å². The van der Waals surface area contributed by atoms with Crippen LogP contribution < -0.4 is 15.4 Å². The number of hydrogen-bond acceptors (Lipinski definition) is 3. The van der Waals surface area contributed by atoms with Crippen molar-refractivity contribution >= 4 is 29.9 Å². The van der Waals surface area contributed by atoms with Gasteiger partial charge in [0, 0.05) is 31.5 Å². The quantitative estimate of drug-likeness (QED) is 0.309. The summed E-state index contributed by atoms with van der Waals surface area (Å²) in [5, 5.41) is 6.72. The van der Waals surface area contributed by atoms with E-state index < -0.39 is 0 Å². The second-order valence-corrected chi connectivity index (χ2v) is 6.71. The Kier molecular flexibility index (Phi) is 11.6. The van der Waals surface area contributed by atoms with Gasteiger partial charge in [-0.1, -0.05) is 25.1 Å². The molecule has 1 aromatic heterocycles. The van der Waals surface area contributed by atoms with Crippen LogP contribution in [0.1, 0.15) is 43.0 Å². The zero-order valence-electron chi connectivity index (χ0n) is 17.4. The summed E-state index contributed by atoms with van der Waals surface area (Å²) in [4.78, 5) is 9.05. The monoisotopic (exact) mass is 496 g/mol. The van der Waals surface area contributed by atoms with Crippen molar-refractivity contribution in [1.82, 2.24) is 15.6 Å². The van der Waals surface area contributed by atoms with Gasteiger partial charge in [0.2, 0.25) is 0 Å².